The second-order valence-corrected chi connectivity index (χ2v) is 11.9. The summed E-state index contributed by atoms with van der Waals surface area (Å²) in [6, 6.07) is 5.62. The molecule has 0 spiro atoms. The summed E-state index contributed by atoms with van der Waals surface area (Å²) in [6.07, 6.45) is 6.45. The topological polar surface area (TPSA) is 70.6 Å². The molecular weight excluding hydrogens is 533 g/mol. The number of nitrogens with zero attached hydrogens (tertiary/aromatic N) is 4. The van der Waals surface area contributed by atoms with Gasteiger partial charge in [0.05, 0.1) is 12.2 Å². The Morgan fingerprint density at radius 3 is 2.65 bits per heavy atom. The third kappa shape index (κ3) is 7.29. The van der Waals surface area contributed by atoms with Crippen LogP contribution < -0.4 is 5.32 Å². The Kier molecular flexibility index (Phi) is 8.89. The molecule has 4 rings (SSSR count). The molecule has 1 aromatic heterocycles. The lowest BCUT2D eigenvalue weighted by molar-refractivity contribution is 0.0114. The molecule has 1 unspecified atom stereocenters. The van der Waals surface area contributed by atoms with Gasteiger partial charge in [-0.2, -0.15) is 0 Å². The normalized spacial score (nSPS) is 19.8. The number of rotatable bonds is 5. The maximum atomic E-state index is 12.6. The lowest BCUT2D eigenvalue weighted by Crippen LogP contribution is -2.51. The van der Waals surface area contributed by atoms with Crippen molar-refractivity contribution >= 4 is 52.3 Å². The van der Waals surface area contributed by atoms with Crippen molar-refractivity contribution in [1.82, 2.24) is 19.8 Å². The highest BCUT2D eigenvalue weighted by Crippen LogP contribution is 2.31. The Morgan fingerprint density at radius 1 is 1.19 bits per heavy atom. The lowest BCUT2D eigenvalue weighted by atomic mass is 10.0. The highest BCUT2D eigenvalue weighted by molar-refractivity contribution is 6.35. The first-order chi connectivity index (χ1) is 17.5. The third-order valence-electron chi connectivity index (χ3n) is 6.62. The van der Waals surface area contributed by atoms with Crippen LogP contribution in [0.5, 0.6) is 0 Å². The van der Waals surface area contributed by atoms with Crippen LogP contribution in [0.1, 0.15) is 64.4 Å². The Labute approximate surface area is 234 Å². The molecule has 7 nitrogen and oxygen atoms in total. The highest BCUT2D eigenvalue weighted by atomic mass is 35.5. The number of carbonyl (C=O) groups is 1. The van der Waals surface area contributed by atoms with Gasteiger partial charge < -0.3 is 15.0 Å². The second kappa shape index (κ2) is 11.8. The molecule has 2 aliphatic rings. The molecule has 2 aliphatic heterocycles. The predicted octanol–water partition coefficient (Wildman–Crippen LogP) is 7.10. The van der Waals surface area contributed by atoms with Gasteiger partial charge in [0, 0.05) is 42.3 Å². The van der Waals surface area contributed by atoms with Crippen molar-refractivity contribution in [2.45, 2.75) is 64.6 Å². The minimum atomic E-state index is -0.488. The van der Waals surface area contributed by atoms with Crippen molar-refractivity contribution in [2.75, 3.05) is 31.5 Å². The number of ether oxygens (including phenoxy) is 1. The molecule has 0 saturated carbocycles. The van der Waals surface area contributed by atoms with Crippen molar-refractivity contribution < 1.29 is 9.53 Å². The van der Waals surface area contributed by atoms with Crippen LogP contribution in [0.4, 0.5) is 10.6 Å². The maximum absolute atomic E-state index is 12.6. The van der Waals surface area contributed by atoms with Crippen LogP contribution in [0, 0.1) is 0 Å². The van der Waals surface area contributed by atoms with E-state index < -0.39 is 5.60 Å². The van der Waals surface area contributed by atoms with Crippen molar-refractivity contribution in [3.8, 4) is 0 Å². The average Bonchev–Trinajstić information content (AvgIpc) is 2.84. The van der Waals surface area contributed by atoms with Gasteiger partial charge in [0.1, 0.15) is 16.4 Å². The van der Waals surface area contributed by atoms with Gasteiger partial charge in [-0.15, -0.1) is 0 Å². The molecular formula is C27H34Cl3N5O2. The van der Waals surface area contributed by atoms with Gasteiger partial charge in [0.2, 0.25) is 0 Å². The van der Waals surface area contributed by atoms with Gasteiger partial charge >= 0.3 is 6.09 Å². The van der Waals surface area contributed by atoms with E-state index in [2.05, 4.69) is 21.3 Å². The zero-order valence-corrected chi connectivity index (χ0v) is 24.0. The zero-order chi connectivity index (χ0) is 26.7. The molecule has 1 saturated heterocycles. The summed E-state index contributed by atoms with van der Waals surface area (Å²) >= 11 is 18.8. The van der Waals surface area contributed by atoms with Crippen LogP contribution >= 0.6 is 34.8 Å². The van der Waals surface area contributed by atoms with E-state index in [1.807, 2.05) is 44.7 Å². The number of nitrogens with one attached hydrogen (secondary N) is 1. The van der Waals surface area contributed by atoms with E-state index in [1.54, 1.807) is 12.3 Å². The number of likely N-dealkylation sites (tertiary alicyclic amines) is 1. The van der Waals surface area contributed by atoms with Gasteiger partial charge in [-0.1, -0.05) is 46.9 Å². The van der Waals surface area contributed by atoms with E-state index in [0.29, 0.717) is 39.3 Å². The SMILES string of the molecule is C[C@@H](Nc1nc(C2=CCN(C3CCCN(C(=O)OC(C)(C)C)C3)CC2)ncc1Cl)c1ccc(Cl)cc1Cl. The summed E-state index contributed by atoms with van der Waals surface area (Å²) in [5.74, 6) is 1.23. The number of piperidine rings is 1. The number of halogens is 3. The summed E-state index contributed by atoms with van der Waals surface area (Å²) in [4.78, 5) is 26.1. The molecule has 1 aromatic carbocycles. The standard InChI is InChI=1S/C27H34Cl3N5O2/c1-17(21-8-7-19(28)14-22(21)29)32-25-23(30)15-31-24(33-25)18-9-12-34(13-10-18)20-6-5-11-35(16-20)26(36)37-27(2,3)4/h7-9,14-15,17,20H,5-6,10-13,16H2,1-4H3,(H,31,32,33)/t17-,20?/m1/s1. The smallest absolute Gasteiger partial charge is 0.410 e. The lowest BCUT2D eigenvalue weighted by Gasteiger charge is -2.40. The molecule has 200 valence electrons. The first-order valence-electron chi connectivity index (χ1n) is 12.7. The Bertz CT molecular complexity index is 1170. The van der Waals surface area contributed by atoms with Crippen molar-refractivity contribution in [1.29, 1.82) is 0 Å². The molecule has 1 amide bonds. The summed E-state index contributed by atoms with van der Waals surface area (Å²) in [6.45, 7) is 10.8. The number of hydrogen-bond acceptors (Lipinski definition) is 6. The zero-order valence-electron chi connectivity index (χ0n) is 21.7. The van der Waals surface area contributed by atoms with Gasteiger partial charge in [-0.25, -0.2) is 14.8 Å². The van der Waals surface area contributed by atoms with Crippen molar-refractivity contribution in [2.24, 2.45) is 0 Å². The van der Waals surface area contributed by atoms with E-state index in [9.17, 15) is 4.79 Å². The number of carbonyl (C=O) groups excluding carboxylic acids is 1. The van der Waals surface area contributed by atoms with Gasteiger partial charge in [0.25, 0.3) is 0 Å². The molecule has 0 bridgehead atoms. The first-order valence-corrected chi connectivity index (χ1v) is 13.8. The number of hydrogen-bond donors (Lipinski definition) is 1. The van der Waals surface area contributed by atoms with E-state index in [0.717, 1.165) is 50.0 Å². The third-order valence-corrected chi connectivity index (χ3v) is 7.46. The molecule has 2 aromatic rings. The fraction of sp³-hybridized carbons (Fsp3) is 0.519. The Morgan fingerprint density at radius 2 is 1.97 bits per heavy atom. The van der Waals surface area contributed by atoms with Crippen LogP contribution in [0.2, 0.25) is 15.1 Å². The van der Waals surface area contributed by atoms with E-state index >= 15 is 0 Å². The Hall–Kier alpha value is -2.06. The maximum Gasteiger partial charge on any atom is 0.410 e. The summed E-state index contributed by atoms with van der Waals surface area (Å²) < 4.78 is 5.59. The van der Waals surface area contributed by atoms with E-state index in [4.69, 9.17) is 44.5 Å². The molecule has 37 heavy (non-hydrogen) atoms. The largest absolute Gasteiger partial charge is 0.444 e. The molecule has 1 N–H and O–H groups in total. The number of benzene rings is 1. The van der Waals surface area contributed by atoms with Crippen LogP contribution in [0.15, 0.2) is 30.5 Å². The second-order valence-electron chi connectivity index (χ2n) is 10.6. The molecule has 3 heterocycles. The molecule has 0 aliphatic carbocycles. The average molecular weight is 567 g/mol. The molecule has 2 atom stereocenters. The number of aromatic nitrogens is 2. The van der Waals surface area contributed by atoms with Crippen LogP contribution in [-0.2, 0) is 4.74 Å². The van der Waals surface area contributed by atoms with Crippen molar-refractivity contribution in [3.05, 3.63) is 56.9 Å². The summed E-state index contributed by atoms with van der Waals surface area (Å²) in [7, 11) is 0. The summed E-state index contributed by atoms with van der Waals surface area (Å²) in [5.41, 5.74) is 1.51. The predicted molar refractivity (Wildman–Crippen MR) is 151 cm³/mol. The molecule has 0 radical (unpaired) electrons. The van der Waals surface area contributed by atoms with Crippen LogP contribution in [0.25, 0.3) is 5.57 Å². The molecule has 1 fully saturated rings. The van der Waals surface area contributed by atoms with E-state index in [1.165, 1.54) is 0 Å². The summed E-state index contributed by atoms with van der Waals surface area (Å²) in [5, 5.41) is 4.98. The minimum absolute atomic E-state index is 0.125. The van der Waals surface area contributed by atoms with Crippen LogP contribution in [0.3, 0.4) is 0 Å². The van der Waals surface area contributed by atoms with Crippen LogP contribution in [-0.4, -0.2) is 63.7 Å². The van der Waals surface area contributed by atoms with Gasteiger partial charge in [-0.3, -0.25) is 4.90 Å². The fourth-order valence-electron chi connectivity index (χ4n) is 4.72. The highest BCUT2D eigenvalue weighted by Gasteiger charge is 2.31. The van der Waals surface area contributed by atoms with E-state index in [-0.39, 0.29) is 12.1 Å². The Balaban J connectivity index is 1.40. The van der Waals surface area contributed by atoms with Crippen molar-refractivity contribution in [3.63, 3.8) is 0 Å². The number of amides is 1. The first kappa shape index (κ1) is 28.0. The quantitative estimate of drug-likeness (QED) is 0.416. The number of anilines is 1. The monoisotopic (exact) mass is 565 g/mol. The van der Waals surface area contributed by atoms with Gasteiger partial charge in [-0.05, 0) is 70.2 Å². The fourth-order valence-corrected chi connectivity index (χ4v) is 5.44. The minimum Gasteiger partial charge on any atom is -0.444 e. The molecule has 10 heteroatoms. The van der Waals surface area contributed by atoms with Gasteiger partial charge in [0.15, 0.2) is 5.82 Å².